The number of thioether (sulfide) groups is 1. The highest BCUT2D eigenvalue weighted by Gasteiger charge is 2.31. The van der Waals surface area contributed by atoms with Gasteiger partial charge in [-0.25, -0.2) is 4.79 Å². The van der Waals surface area contributed by atoms with Gasteiger partial charge in [-0.3, -0.25) is 9.69 Å². The summed E-state index contributed by atoms with van der Waals surface area (Å²) in [4.78, 5) is 26.1. The van der Waals surface area contributed by atoms with E-state index < -0.39 is 5.25 Å². The van der Waals surface area contributed by atoms with Crippen LogP contribution in [0.15, 0.2) is 22.7 Å². The van der Waals surface area contributed by atoms with E-state index in [9.17, 15) is 9.59 Å². The molecule has 0 aromatic carbocycles. The van der Waals surface area contributed by atoms with Crippen LogP contribution in [0.2, 0.25) is 0 Å². The summed E-state index contributed by atoms with van der Waals surface area (Å²) in [5, 5.41) is 13.2. The van der Waals surface area contributed by atoms with Gasteiger partial charge in [0.2, 0.25) is 5.91 Å². The van der Waals surface area contributed by atoms with Crippen molar-refractivity contribution in [3.8, 4) is 10.7 Å². The Balaban J connectivity index is 1.73. The Labute approximate surface area is 135 Å². The highest BCUT2D eigenvalue weighted by molar-refractivity contribution is 8.00. The molecule has 0 aliphatic carbocycles. The van der Waals surface area contributed by atoms with E-state index in [2.05, 4.69) is 15.5 Å². The fourth-order valence-electron chi connectivity index (χ4n) is 2.15. The van der Waals surface area contributed by atoms with Crippen LogP contribution in [0.1, 0.15) is 6.92 Å². The van der Waals surface area contributed by atoms with Crippen molar-refractivity contribution in [1.29, 1.82) is 0 Å². The molecule has 9 heteroatoms. The molecule has 0 unspecified atom stereocenters. The van der Waals surface area contributed by atoms with E-state index in [0.29, 0.717) is 18.2 Å². The fraction of sp³-hybridized carbons (Fsp3) is 0.385. The van der Waals surface area contributed by atoms with Crippen LogP contribution in [0.3, 0.4) is 0 Å². The molecule has 2 aromatic heterocycles. The highest BCUT2D eigenvalue weighted by Crippen LogP contribution is 2.28. The summed E-state index contributed by atoms with van der Waals surface area (Å²) in [5.74, 6) is 0.566. The van der Waals surface area contributed by atoms with Crippen LogP contribution in [0.5, 0.6) is 0 Å². The lowest BCUT2D eigenvalue weighted by Crippen LogP contribution is -2.39. The third kappa shape index (κ3) is 2.73. The Morgan fingerprint density at radius 3 is 2.95 bits per heavy atom. The number of amides is 3. The van der Waals surface area contributed by atoms with Gasteiger partial charge >= 0.3 is 6.03 Å². The first-order chi connectivity index (χ1) is 10.6. The number of carbonyl (C=O) groups excluding carboxylic acids is 2. The van der Waals surface area contributed by atoms with Crippen molar-refractivity contribution < 1.29 is 9.59 Å². The molecule has 1 saturated heterocycles. The molecule has 3 rings (SSSR count). The normalized spacial score (nSPS) is 15.9. The molecule has 1 fully saturated rings. The lowest BCUT2D eigenvalue weighted by molar-refractivity contribution is -0.126. The Hall–Kier alpha value is -1.87. The molecular weight excluding hydrogens is 322 g/mol. The van der Waals surface area contributed by atoms with E-state index in [1.807, 2.05) is 29.1 Å². The molecule has 3 heterocycles. The number of hydrogen-bond donors (Lipinski definition) is 1. The van der Waals surface area contributed by atoms with Crippen LogP contribution in [-0.4, -0.2) is 49.9 Å². The van der Waals surface area contributed by atoms with Gasteiger partial charge in [-0.2, -0.15) is 0 Å². The third-order valence-corrected chi connectivity index (χ3v) is 5.32. The Kier molecular flexibility index (Phi) is 4.16. The van der Waals surface area contributed by atoms with Gasteiger partial charge in [-0.1, -0.05) is 17.8 Å². The molecule has 0 saturated carbocycles. The van der Waals surface area contributed by atoms with E-state index in [0.717, 1.165) is 10.7 Å². The second-order valence-electron chi connectivity index (χ2n) is 4.82. The smallest absolute Gasteiger partial charge is 0.324 e. The molecule has 1 atom stereocenters. The summed E-state index contributed by atoms with van der Waals surface area (Å²) in [6.45, 7) is 2.70. The number of carbonyl (C=O) groups is 2. The maximum Gasteiger partial charge on any atom is 0.324 e. The predicted octanol–water partition coefficient (Wildman–Crippen LogP) is 1.58. The van der Waals surface area contributed by atoms with Crippen molar-refractivity contribution in [2.75, 3.05) is 13.1 Å². The van der Waals surface area contributed by atoms with Crippen molar-refractivity contribution in [2.24, 2.45) is 7.05 Å². The van der Waals surface area contributed by atoms with Crippen LogP contribution in [0, 0.1) is 0 Å². The van der Waals surface area contributed by atoms with Gasteiger partial charge < -0.3 is 9.88 Å². The number of thiophene rings is 1. The molecule has 1 aliphatic rings. The Bertz CT molecular complexity index is 697. The monoisotopic (exact) mass is 337 g/mol. The lowest BCUT2D eigenvalue weighted by Gasteiger charge is -2.16. The summed E-state index contributed by atoms with van der Waals surface area (Å²) in [6.07, 6.45) is 0. The highest BCUT2D eigenvalue weighted by atomic mass is 32.2. The summed E-state index contributed by atoms with van der Waals surface area (Å²) in [6, 6.07) is 3.61. The van der Waals surface area contributed by atoms with E-state index in [1.165, 1.54) is 16.7 Å². The van der Waals surface area contributed by atoms with Crippen LogP contribution >= 0.6 is 23.1 Å². The quantitative estimate of drug-likeness (QED) is 0.857. The number of rotatable bonds is 4. The van der Waals surface area contributed by atoms with Gasteiger partial charge in [0, 0.05) is 20.1 Å². The minimum atomic E-state index is -0.400. The van der Waals surface area contributed by atoms with Gasteiger partial charge in [0.25, 0.3) is 0 Å². The molecular formula is C13H15N5O2S2. The van der Waals surface area contributed by atoms with Crippen LogP contribution in [0.4, 0.5) is 4.79 Å². The van der Waals surface area contributed by atoms with Gasteiger partial charge in [-0.15, -0.1) is 21.5 Å². The second-order valence-corrected chi connectivity index (χ2v) is 7.08. The van der Waals surface area contributed by atoms with E-state index in [-0.39, 0.29) is 11.9 Å². The number of aromatic nitrogens is 3. The van der Waals surface area contributed by atoms with Crippen molar-refractivity contribution in [2.45, 2.75) is 17.3 Å². The number of hydrogen-bond acceptors (Lipinski definition) is 6. The average Bonchev–Trinajstić information content (AvgIpc) is 3.21. The molecule has 1 aliphatic heterocycles. The number of urea groups is 1. The first-order valence-electron chi connectivity index (χ1n) is 6.77. The molecule has 3 amide bonds. The number of imide groups is 1. The van der Waals surface area contributed by atoms with Gasteiger partial charge in [0.05, 0.1) is 10.1 Å². The predicted molar refractivity (Wildman–Crippen MR) is 84.7 cm³/mol. The van der Waals surface area contributed by atoms with Gasteiger partial charge in [-0.05, 0) is 18.4 Å². The summed E-state index contributed by atoms with van der Waals surface area (Å²) < 4.78 is 1.87. The Morgan fingerprint density at radius 1 is 1.50 bits per heavy atom. The first kappa shape index (κ1) is 15.0. The van der Waals surface area contributed by atoms with Crippen molar-refractivity contribution >= 4 is 35.0 Å². The molecule has 0 bridgehead atoms. The zero-order chi connectivity index (χ0) is 15.7. The molecule has 0 radical (unpaired) electrons. The summed E-state index contributed by atoms with van der Waals surface area (Å²) >= 11 is 2.90. The zero-order valence-corrected chi connectivity index (χ0v) is 13.8. The maximum atomic E-state index is 12.3. The van der Waals surface area contributed by atoms with Gasteiger partial charge in [0.15, 0.2) is 11.0 Å². The minimum Gasteiger partial charge on any atom is -0.336 e. The Morgan fingerprint density at radius 2 is 2.32 bits per heavy atom. The summed E-state index contributed by atoms with van der Waals surface area (Å²) in [5.41, 5.74) is 0. The fourth-order valence-corrected chi connectivity index (χ4v) is 3.77. The zero-order valence-electron chi connectivity index (χ0n) is 12.1. The SMILES string of the molecule is C[C@@H](Sc1nnc(-c2cccs2)n1C)C(=O)N1CCNC1=O. The van der Waals surface area contributed by atoms with E-state index >= 15 is 0 Å². The van der Waals surface area contributed by atoms with Crippen LogP contribution < -0.4 is 5.32 Å². The van der Waals surface area contributed by atoms with E-state index in [1.54, 1.807) is 18.3 Å². The molecule has 7 nitrogen and oxygen atoms in total. The van der Waals surface area contributed by atoms with E-state index in [4.69, 9.17) is 0 Å². The molecule has 1 N–H and O–H groups in total. The molecule has 2 aromatic rings. The lowest BCUT2D eigenvalue weighted by atomic mass is 10.4. The third-order valence-electron chi connectivity index (χ3n) is 3.33. The number of nitrogens with one attached hydrogen (secondary N) is 1. The minimum absolute atomic E-state index is 0.208. The molecule has 22 heavy (non-hydrogen) atoms. The largest absolute Gasteiger partial charge is 0.336 e. The molecule has 116 valence electrons. The molecule has 0 spiro atoms. The van der Waals surface area contributed by atoms with Crippen molar-refractivity contribution in [3.63, 3.8) is 0 Å². The van der Waals surface area contributed by atoms with Crippen molar-refractivity contribution in [1.82, 2.24) is 25.0 Å². The summed E-state index contributed by atoms with van der Waals surface area (Å²) in [7, 11) is 1.87. The van der Waals surface area contributed by atoms with Crippen LogP contribution in [0.25, 0.3) is 10.7 Å². The standard InChI is InChI=1S/C13H15N5O2S2/c1-8(11(19)18-6-5-14-12(18)20)22-13-16-15-10(17(13)2)9-4-3-7-21-9/h3-4,7-8H,5-6H2,1-2H3,(H,14,20)/t8-/m1/s1. The first-order valence-corrected chi connectivity index (χ1v) is 8.53. The topological polar surface area (TPSA) is 80.1 Å². The van der Waals surface area contributed by atoms with Gasteiger partial charge in [0.1, 0.15) is 0 Å². The number of nitrogens with zero attached hydrogens (tertiary/aromatic N) is 4. The van der Waals surface area contributed by atoms with Crippen LogP contribution in [-0.2, 0) is 11.8 Å². The van der Waals surface area contributed by atoms with Crippen molar-refractivity contribution in [3.05, 3.63) is 17.5 Å². The second kappa shape index (κ2) is 6.09. The average molecular weight is 337 g/mol. The maximum absolute atomic E-state index is 12.3.